The molecule has 0 saturated heterocycles. The number of hydrogen-bond donors (Lipinski definition) is 1. The molecule has 0 aliphatic heterocycles. The number of rotatable bonds is 3. The highest BCUT2D eigenvalue weighted by Crippen LogP contribution is 2.38. The topological polar surface area (TPSA) is 99.3 Å². The summed E-state index contributed by atoms with van der Waals surface area (Å²) in [5.41, 5.74) is 0.811. The van der Waals surface area contributed by atoms with Crippen LogP contribution in [0.2, 0.25) is 0 Å². The number of aromatic nitrogens is 1. The Morgan fingerprint density at radius 1 is 1.33 bits per heavy atom. The van der Waals surface area contributed by atoms with E-state index in [2.05, 4.69) is 18.8 Å². The van der Waals surface area contributed by atoms with Gasteiger partial charge in [0.25, 0.3) is 10.0 Å². The van der Waals surface area contributed by atoms with Gasteiger partial charge in [-0.25, -0.2) is 18.5 Å². The molecule has 0 spiro atoms. The van der Waals surface area contributed by atoms with E-state index >= 15 is 0 Å². The molecule has 2 aromatic rings. The van der Waals surface area contributed by atoms with Crippen molar-refractivity contribution in [3.8, 4) is 5.75 Å². The van der Waals surface area contributed by atoms with Crippen LogP contribution in [0.4, 0.5) is 0 Å². The third-order valence-electron chi connectivity index (χ3n) is 4.47. The van der Waals surface area contributed by atoms with Gasteiger partial charge in [-0.3, -0.25) is 4.79 Å². The zero-order valence-corrected chi connectivity index (χ0v) is 15.2. The number of ether oxygens (including phenoxy) is 1. The highest BCUT2D eigenvalue weighted by Gasteiger charge is 2.31. The van der Waals surface area contributed by atoms with Gasteiger partial charge in [0.05, 0.1) is 16.1 Å². The van der Waals surface area contributed by atoms with Gasteiger partial charge in [0.1, 0.15) is 5.75 Å². The first kappa shape index (κ1) is 17.3. The summed E-state index contributed by atoms with van der Waals surface area (Å²) in [4.78, 5) is 16.3. The lowest BCUT2D eigenvalue weighted by atomic mass is 9.73. The van der Waals surface area contributed by atoms with Gasteiger partial charge < -0.3 is 4.74 Å². The lowest BCUT2D eigenvalue weighted by Gasteiger charge is -2.33. The normalized spacial score (nSPS) is 18.6. The lowest BCUT2D eigenvalue weighted by Crippen LogP contribution is -2.28. The molecule has 0 radical (unpaired) electrons. The molecule has 0 bridgehead atoms. The van der Waals surface area contributed by atoms with E-state index < -0.39 is 10.0 Å². The number of benzene rings is 1. The van der Waals surface area contributed by atoms with Crippen molar-refractivity contribution in [2.45, 2.75) is 43.9 Å². The first-order chi connectivity index (χ1) is 11.1. The zero-order chi connectivity index (χ0) is 17.5. The fraction of sp³-hybridized carbons (Fsp3) is 0.500. The fourth-order valence-electron chi connectivity index (χ4n) is 2.90. The molecule has 1 aliphatic carbocycles. The van der Waals surface area contributed by atoms with Crippen LogP contribution in [0.25, 0.3) is 10.2 Å². The van der Waals surface area contributed by atoms with Crippen molar-refractivity contribution in [2.75, 3.05) is 0 Å². The molecule has 6 nitrogen and oxygen atoms in total. The highest BCUT2D eigenvalue weighted by atomic mass is 32.2. The number of sulfonamides is 1. The monoisotopic (exact) mass is 368 g/mol. The van der Waals surface area contributed by atoms with E-state index in [1.54, 1.807) is 18.2 Å². The number of fused-ring (bicyclic) bond motifs is 1. The van der Waals surface area contributed by atoms with Crippen LogP contribution in [0.15, 0.2) is 22.5 Å². The van der Waals surface area contributed by atoms with Crippen molar-refractivity contribution in [1.82, 2.24) is 4.98 Å². The van der Waals surface area contributed by atoms with Gasteiger partial charge >= 0.3 is 5.97 Å². The van der Waals surface area contributed by atoms with E-state index in [4.69, 9.17) is 9.88 Å². The number of thiazole rings is 1. The van der Waals surface area contributed by atoms with Crippen molar-refractivity contribution in [2.24, 2.45) is 16.5 Å². The molecular formula is C16H20N2O4S2. The molecule has 1 aromatic heterocycles. The van der Waals surface area contributed by atoms with Gasteiger partial charge in [-0.05, 0) is 43.2 Å². The third-order valence-corrected chi connectivity index (χ3v) is 6.81. The van der Waals surface area contributed by atoms with Crippen molar-refractivity contribution < 1.29 is 17.9 Å². The average Bonchev–Trinajstić information content (AvgIpc) is 2.90. The SMILES string of the molecule is CC1(C)CCC(C(=O)Oc2ccc3nc(S(N)(=O)=O)sc3c2)CC1. The van der Waals surface area contributed by atoms with Crippen LogP contribution in [0.3, 0.4) is 0 Å². The summed E-state index contributed by atoms with van der Waals surface area (Å²) >= 11 is 0.965. The summed E-state index contributed by atoms with van der Waals surface area (Å²) in [6.07, 6.45) is 3.70. The van der Waals surface area contributed by atoms with E-state index in [-0.39, 0.29) is 16.2 Å². The van der Waals surface area contributed by atoms with Crippen LogP contribution in [-0.4, -0.2) is 19.4 Å². The lowest BCUT2D eigenvalue weighted by molar-refractivity contribution is -0.140. The van der Waals surface area contributed by atoms with Crippen LogP contribution >= 0.6 is 11.3 Å². The highest BCUT2D eigenvalue weighted by molar-refractivity contribution is 7.91. The van der Waals surface area contributed by atoms with E-state index in [0.29, 0.717) is 21.4 Å². The Bertz CT molecular complexity index is 877. The number of primary sulfonamides is 1. The number of carbonyl (C=O) groups excluding carboxylic acids is 1. The van der Waals surface area contributed by atoms with Gasteiger partial charge in [0.2, 0.25) is 4.34 Å². The maximum Gasteiger partial charge on any atom is 0.314 e. The molecule has 0 amide bonds. The van der Waals surface area contributed by atoms with Crippen LogP contribution in [-0.2, 0) is 14.8 Å². The fourth-order valence-corrected chi connectivity index (χ4v) is 4.59. The van der Waals surface area contributed by atoms with Crippen LogP contribution in [0.1, 0.15) is 39.5 Å². The summed E-state index contributed by atoms with van der Waals surface area (Å²) in [6.45, 7) is 4.44. The molecular weight excluding hydrogens is 348 g/mol. The summed E-state index contributed by atoms with van der Waals surface area (Å²) in [7, 11) is -3.83. The second-order valence-electron chi connectivity index (χ2n) is 7.01. The molecule has 2 N–H and O–H groups in total. The first-order valence-corrected chi connectivity index (χ1v) is 10.2. The summed E-state index contributed by atoms with van der Waals surface area (Å²) in [5.74, 6) is 0.109. The molecule has 8 heteroatoms. The minimum Gasteiger partial charge on any atom is -0.426 e. The summed E-state index contributed by atoms with van der Waals surface area (Å²) in [6, 6.07) is 4.89. The maximum absolute atomic E-state index is 12.3. The molecule has 130 valence electrons. The molecule has 1 aliphatic rings. The van der Waals surface area contributed by atoms with Crippen LogP contribution in [0.5, 0.6) is 5.75 Å². The maximum atomic E-state index is 12.3. The Morgan fingerprint density at radius 3 is 2.62 bits per heavy atom. The first-order valence-electron chi connectivity index (χ1n) is 7.79. The molecule has 3 rings (SSSR count). The Hall–Kier alpha value is -1.51. The second kappa shape index (κ2) is 6.09. The molecule has 0 atom stereocenters. The standard InChI is InChI=1S/C16H20N2O4S2/c1-16(2)7-5-10(6-8-16)14(19)22-11-3-4-12-13(9-11)23-15(18-12)24(17,20)21/h3-4,9-10H,5-8H2,1-2H3,(H2,17,20,21). The molecule has 1 saturated carbocycles. The second-order valence-corrected chi connectivity index (χ2v) is 9.78. The van der Waals surface area contributed by atoms with Gasteiger partial charge in [-0.15, -0.1) is 11.3 Å². The minimum atomic E-state index is -3.83. The van der Waals surface area contributed by atoms with Crippen molar-refractivity contribution in [3.05, 3.63) is 18.2 Å². The molecule has 24 heavy (non-hydrogen) atoms. The largest absolute Gasteiger partial charge is 0.426 e. The Balaban J connectivity index is 1.74. The molecule has 1 aromatic carbocycles. The predicted molar refractivity (Wildman–Crippen MR) is 92.4 cm³/mol. The summed E-state index contributed by atoms with van der Waals surface area (Å²) < 4.78 is 28.7. The van der Waals surface area contributed by atoms with E-state index in [9.17, 15) is 13.2 Å². The number of carbonyl (C=O) groups is 1. The van der Waals surface area contributed by atoms with Gasteiger partial charge in [-0.1, -0.05) is 13.8 Å². The van der Waals surface area contributed by atoms with Gasteiger partial charge in [-0.2, -0.15) is 0 Å². The van der Waals surface area contributed by atoms with Gasteiger partial charge in [0, 0.05) is 6.07 Å². The average molecular weight is 368 g/mol. The van der Waals surface area contributed by atoms with E-state index in [0.717, 1.165) is 37.0 Å². The number of nitrogens with zero attached hydrogens (tertiary/aromatic N) is 1. The number of esters is 1. The minimum absolute atomic E-state index is 0.0739. The molecule has 0 unspecified atom stereocenters. The van der Waals surface area contributed by atoms with Gasteiger partial charge in [0.15, 0.2) is 0 Å². The van der Waals surface area contributed by atoms with Crippen molar-refractivity contribution >= 4 is 37.5 Å². The Morgan fingerprint density at radius 2 is 2.00 bits per heavy atom. The zero-order valence-electron chi connectivity index (χ0n) is 13.6. The number of nitrogens with two attached hydrogens (primary N) is 1. The van der Waals surface area contributed by atoms with Crippen molar-refractivity contribution in [1.29, 1.82) is 0 Å². The molecule has 1 heterocycles. The third kappa shape index (κ3) is 3.76. The van der Waals surface area contributed by atoms with Crippen LogP contribution in [0, 0.1) is 11.3 Å². The smallest absolute Gasteiger partial charge is 0.314 e. The van der Waals surface area contributed by atoms with E-state index in [1.807, 2.05) is 0 Å². The molecule has 1 fully saturated rings. The number of hydrogen-bond acceptors (Lipinski definition) is 6. The predicted octanol–water partition coefficient (Wildman–Crippen LogP) is 3.07. The Kier molecular flexibility index (Phi) is 4.39. The quantitative estimate of drug-likeness (QED) is 0.663. The van der Waals surface area contributed by atoms with Crippen molar-refractivity contribution in [3.63, 3.8) is 0 Å². The summed E-state index contributed by atoms with van der Waals surface area (Å²) in [5, 5.41) is 5.09. The Labute approximate surface area is 145 Å². The van der Waals surface area contributed by atoms with E-state index in [1.165, 1.54) is 0 Å². The van der Waals surface area contributed by atoms with Crippen LogP contribution < -0.4 is 9.88 Å².